The Labute approximate surface area is 188 Å². The maximum Gasteiger partial charge on any atom is 0.410 e. The van der Waals surface area contributed by atoms with Gasteiger partial charge in [0, 0.05) is 29.1 Å². The zero-order valence-corrected chi connectivity index (χ0v) is 20.7. The highest BCUT2D eigenvalue weighted by Gasteiger charge is 2.12. The average molecular weight is 506 g/mol. The molecule has 164 valence electrons. The molecule has 28 heavy (non-hydrogen) atoms. The Balaban J connectivity index is 3.45. The predicted octanol–water partition coefficient (Wildman–Crippen LogP) is 8.10. The molecule has 0 rings (SSSR count). The van der Waals surface area contributed by atoms with Crippen molar-refractivity contribution in [1.82, 2.24) is 4.90 Å². The van der Waals surface area contributed by atoms with E-state index in [1.807, 2.05) is 22.6 Å². The molecule has 0 spiro atoms. The first-order chi connectivity index (χ1) is 13.8. The fourth-order valence-electron chi connectivity index (χ4n) is 3.26. The molecule has 0 aliphatic rings. The van der Waals surface area contributed by atoms with Crippen LogP contribution in [0, 0.1) is 9.85 Å². The number of amides is 1. The zero-order valence-electron chi connectivity index (χ0n) is 18.6. The summed E-state index contributed by atoms with van der Waals surface area (Å²) in [4.78, 5) is 13.8. The van der Waals surface area contributed by atoms with Gasteiger partial charge in [-0.15, -0.1) is 0 Å². The van der Waals surface area contributed by atoms with Crippen LogP contribution in [0.1, 0.15) is 117 Å². The van der Waals surface area contributed by atoms with E-state index in [1.54, 1.807) is 4.90 Å². The predicted molar refractivity (Wildman–Crippen MR) is 130 cm³/mol. The fourth-order valence-corrected chi connectivity index (χ4v) is 3.43. The lowest BCUT2D eigenvalue weighted by Crippen LogP contribution is -2.33. The van der Waals surface area contributed by atoms with Crippen molar-refractivity contribution < 1.29 is 9.53 Å². The Bertz CT molecular complexity index is 403. The van der Waals surface area contributed by atoms with E-state index < -0.39 is 0 Å². The Hall–Kier alpha value is -0.440. The van der Waals surface area contributed by atoms with Gasteiger partial charge in [-0.2, -0.15) is 0 Å². The number of hydrogen-bond donors (Lipinski definition) is 0. The van der Waals surface area contributed by atoms with Crippen LogP contribution in [0.25, 0.3) is 0 Å². The first-order valence-electron chi connectivity index (χ1n) is 11.8. The largest absolute Gasteiger partial charge is 0.449 e. The Morgan fingerprint density at radius 3 is 1.68 bits per heavy atom. The molecule has 0 unspecified atom stereocenters. The maximum atomic E-state index is 12.1. The Morgan fingerprint density at radius 2 is 1.21 bits per heavy atom. The van der Waals surface area contributed by atoms with E-state index in [-0.39, 0.29) is 6.09 Å². The van der Waals surface area contributed by atoms with E-state index in [0.29, 0.717) is 13.2 Å². The lowest BCUT2D eigenvalue weighted by Gasteiger charge is -2.19. The number of carbonyl (C=O) groups excluding carboxylic acids is 1. The summed E-state index contributed by atoms with van der Waals surface area (Å²) in [5.41, 5.74) is 0. The summed E-state index contributed by atoms with van der Waals surface area (Å²) in [5, 5.41) is 0. The van der Waals surface area contributed by atoms with Gasteiger partial charge < -0.3 is 4.74 Å². The van der Waals surface area contributed by atoms with Crippen molar-refractivity contribution in [3.63, 3.8) is 0 Å². The Morgan fingerprint density at radius 1 is 0.750 bits per heavy atom. The number of carbonyl (C=O) groups is 1. The summed E-state index contributed by atoms with van der Waals surface area (Å²) in [6.45, 7) is 6.15. The van der Waals surface area contributed by atoms with Crippen molar-refractivity contribution in [3.8, 4) is 9.85 Å². The van der Waals surface area contributed by atoms with Gasteiger partial charge in [0.25, 0.3) is 0 Å². The SMILES string of the molecule is CCCCCCCCCCCCCCCCOC(=O)N(CC#CI)CCCC. The van der Waals surface area contributed by atoms with Gasteiger partial charge in [-0.25, -0.2) is 4.79 Å². The van der Waals surface area contributed by atoms with Crippen molar-refractivity contribution >= 4 is 28.7 Å². The van der Waals surface area contributed by atoms with E-state index in [1.165, 1.54) is 77.0 Å². The summed E-state index contributed by atoms with van der Waals surface area (Å²) >= 11 is 2.01. The first-order valence-corrected chi connectivity index (χ1v) is 12.8. The van der Waals surface area contributed by atoms with E-state index >= 15 is 0 Å². The third kappa shape index (κ3) is 18.9. The van der Waals surface area contributed by atoms with Crippen LogP contribution < -0.4 is 0 Å². The summed E-state index contributed by atoms with van der Waals surface area (Å²) in [7, 11) is 0. The second-order valence-corrected chi connectivity index (χ2v) is 8.30. The summed E-state index contributed by atoms with van der Waals surface area (Å²) in [6.07, 6.45) is 20.6. The van der Waals surface area contributed by atoms with Gasteiger partial charge in [-0.05, 0) is 16.8 Å². The molecule has 3 nitrogen and oxygen atoms in total. The van der Waals surface area contributed by atoms with Gasteiger partial charge in [0.1, 0.15) is 0 Å². The molecule has 0 aromatic heterocycles. The second-order valence-electron chi connectivity index (χ2n) is 7.76. The fraction of sp³-hybridized carbons (Fsp3) is 0.875. The van der Waals surface area contributed by atoms with Gasteiger partial charge in [0.15, 0.2) is 0 Å². The highest BCUT2D eigenvalue weighted by molar-refractivity contribution is 14.1. The summed E-state index contributed by atoms with van der Waals surface area (Å²) < 4.78 is 8.24. The standard InChI is InChI=1S/C24H44INO2/c1-3-5-7-8-9-10-11-12-13-14-15-16-17-18-23-28-24(27)26(21-6-4-2)22-19-20-25/h3-18,21-23H2,1-2H3. The smallest absolute Gasteiger partial charge is 0.410 e. The van der Waals surface area contributed by atoms with Crippen LogP contribution in [-0.4, -0.2) is 30.7 Å². The molecule has 0 fully saturated rings. The maximum absolute atomic E-state index is 12.1. The van der Waals surface area contributed by atoms with Crippen molar-refractivity contribution in [2.75, 3.05) is 19.7 Å². The molecule has 0 aromatic carbocycles. The second kappa shape index (κ2) is 22.8. The minimum Gasteiger partial charge on any atom is -0.449 e. The molecule has 0 N–H and O–H groups in total. The van der Waals surface area contributed by atoms with Crippen molar-refractivity contribution in [1.29, 1.82) is 0 Å². The number of rotatable bonds is 19. The molecule has 0 saturated carbocycles. The Kier molecular flexibility index (Phi) is 22.5. The third-order valence-electron chi connectivity index (χ3n) is 5.10. The van der Waals surface area contributed by atoms with Gasteiger partial charge >= 0.3 is 6.09 Å². The molecule has 0 aliphatic carbocycles. The van der Waals surface area contributed by atoms with Crippen molar-refractivity contribution in [2.24, 2.45) is 0 Å². The molecule has 0 aliphatic heterocycles. The molecule has 1 amide bonds. The molecule has 0 atom stereocenters. The van der Waals surface area contributed by atoms with Crippen molar-refractivity contribution in [3.05, 3.63) is 0 Å². The van der Waals surface area contributed by atoms with E-state index in [9.17, 15) is 4.79 Å². The lowest BCUT2D eigenvalue weighted by molar-refractivity contribution is 0.105. The van der Waals surface area contributed by atoms with E-state index in [2.05, 4.69) is 23.7 Å². The normalized spacial score (nSPS) is 10.4. The van der Waals surface area contributed by atoms with Gasteiger partial charge in [0.2, 0.25) is 0 Å². The van der Waals surface area contributed by atoms with Crippen molar-refractivity contribution in [2.45, 2.75) is 117 Å². The molecule has 0 saturated heterocycles. The monoisotopic (exact) mass is 505 g/mol. The third-order valence-corrected chi connectivity index (χ3v) is 5.48. The highest BCUT2D eigenvalue weighted by atomic mass is 127. The minimum absolute atomic E-state index is 0.206. The summed E-state index contributed by atoms with van der Waals surface area (Å²) in [6, 6.07) is 0. The summed E-state index contributed by atoms with van der Waals surface area (Å²) in [5.74, 6) is 2.95. The van der Waals surface area contributed by atoms with Crippen LogP contribution in [0.2, 0.25) is 0 Å². The average Bonchev–Trinajstić information content (AvgIpc) is 2.70. The van der Waals surface area contributed by atoms with Crippen LogP contribution in [0.15, 0.2) is 0 Å². The molecular weight excluding hydrogens is 461 g/mol. The molecule has 0 bridgehead atoms. The van der Waals surface area contributed by atoms with Crippen LogP contribution in [0.4, 0.5) is 4.79 Å². The van der Waals surface area contributed by atoms with Crippen LogP contribution in [0.5, 0.6) is 0 Å². The highest BCUT2D eigenvalue weighted by Crippen LogP contribution is 2.13. The van der Waals surface area contributed by atoms with Crippen LogP contribution in [0.3, 0.4) is 0 Å². The number of nitrogens with zero attached hydrogens (tertiary/aromatic N) is 1. The first kappa shape index (κ1) is 27.6. The molecule has 0 heterocycles. The molecule has 0 aromatic rings. The number of hydrogen-bond acceptors (Lipinski definition) is 2. The number of ether oxygens (including phenoxy) is 1. The zero-order chi connectivity index (χ0) is 20.7. The molecular formula is C24H44INO2. The topological polar surface area (TPSA) is 29.5 Å². The van der Waals surface area contributed by atoms with Gasteiger partial charge in [-0.1, -0.05) is 110 Å². The van der Waals surface area contributed by atoms with E-state index in [4.69, 9.17) is 4.74 Å². The number of unbranched alkanes of at least 4 members (excludes halogenated alkanes) is 14. The number of halogens is 1. The lowest BCUT2D eigenvalue weighted by atomic mass is 10.0. The minimum atomic E-state index is -0.206. The van der Waals surface area contributed by atoms with E-state index in [0.717, 1.165) is 32.2 Å². The van der Waals surface area contributed by atoms with Gasteiger partial charge in [-0.3, -0.25) is 4.90 Å². The van der Waals surface area contributed by atoms with Crippen LogP contribution >= 0.6 is 22.6 Å². The molecule has 0 radical (unpaired) electrons. The molecule has 4 heteroatoms. The van der Waals surface area contributed by atoms with Crippen LogP contribution in [-0.2, 0) is 4.74 Å². The quantitative estimate of drug-likeness (QED) is 0.101. The van der Waals surface area contributed by atoms with Gasteiger partial charge in [0.05, 0.1) is 13.2 Å².